The summed E-state index contributed by atoms with van der Waals surface area (Å²) in [6.07, 6.45) is 0.971. The molecule has 9 nitrogen and oxygen atoms in total. The highest BCUT2D eigenvalue weighted by atomic mass is 32.2. The van der Waals surface area contributed by atoms with Gasteiger partial charge in [0.15, 0.2) is 6.61 Å². The second-order valence-electron chi connectivity index (χ2n) is 4.44. The Balaban J connectivity index is 1.77. The number of ether oxygens (including phenoxy) is 1. The molecule has 0 saturated carbocycles. The maximum Gasteiger partial charge on any atom is 0.395 e. The lowest BCUT2D eigenvalue weighted by Gasteiger charge is -2.06. The van der Waals surface area contributed by atoms with E-state index in [1.54, 1.807) is 11.8 Å². The Kier molecular flexibility index (Phi) is 6.32. The molecule has 0 fully saturated rings. The molecule has 0 unspecified atom stereocenters. The van der Waals surface area contributed by atoms with E-state index in [1.165, 1.54) is 0 Å². The van der Waals surface area contributed by atoms with E-state index >= 15 is 0 Å². The molecule has 1 heterocycles. The molecule has 0 spiro atoms. The minimum Gasteiger partial charge on any atom is -0.463 e. The maximum atomic E-state index is 11.7. The first-order chi connectivity index (χ1) is 11.6. The van der Waals surface area contributed by atoms with Gasteiger partial charge in [-0.05, 0) is 12.1 Å². The van der Waals surface area contributed by atoms with E-state index in [-0.39, 0.29) is 0 Å². The van der Waals surface area contributed by atoms with Crippen LogP contribution in [0.25, 0.3) is 0 Å². The zero-order chi connectivity index (χ0) is 17.4. The third kappa shape index (κ3) is 5.09. The van der Waals surface area contributed by atoms with Crippen molar-refractivity contribution in [1.29, 1.82) is 0 Å². The molecule has 1 aromatic carbocycles. The van der Waals surface area contributed by atoms with Gasteiger partial charge < -0.3 is 15.0 Å². The number of nitro groups is 1. The second-order valence-corrected chi connectivity index (χ2v) is 5.61. The van der Waals surface area contributed by atoms with E-state index in [0.717, 1.165) is 11.2 Å². The minimum atomic E-state index is -0.940. The number of aromatic amines is 1. The Morgan fingerprint density at radius 1 is 1.38 bits per heavy atom. The summed E-state index contributed by atoms with van der Waals surface area (Å²) in [5, 5.41) is 13.4. The van der Waals surface area contributed by atoms with Gasteiger partial charge in [-0.25, -0.2) is 0 Å². The molecule has 126 valence electrons. The van der Waals surface area contributed by atoms with Gasteiger partial charge in [0.25, 0.3) is 5.91 Å². The SMILES string of the molecule is O=C(COc1nc[nH]c(=O)c1[N+](=O)[O-])NCCSc1ccccc1. The van der Waals surface area contributed by atoms with Gasteiger partial charge >= 0.3 is 17.1 Å². The van der Waals surface area contributed by atoms with Gasteiger partial charge in [-0.15, -0.1) is 11.8 Å². The first-order valence-electron chi connectivity index (χ1n) is 6.87. The monoisotopic (exact) mass is 350 g/mol. The maximum absolute atomic E-state index is 11.7. The van der Waals surface area contributed by atoms with Gasteiger partial charge in [-0.3, -0.25) is 19.7 Å². The van der Waals surface area contributed by atoms with Crippen molar-refractivity contribution in [2.45, 2.75) is 4.90 Å². The molecule has 0 radical (unpaired) electrons. The number of aromatic nitrogens is 2. The number of nitrogens with one attached hydrogen (secondary N) is 2. The van der Waals surface area contributed by atoms with Gasteiger partial charge in [0.1, 0.15) is 0 Å². The quantitative estimate of drug-likeness (QED) is 0.314. The fourth-order valence-electron chi connectivity index (χ4n) is 1.70. The number of amides is 1. The van der Waals surface area contributed by atoms with E-state index in [9.17, 15) is 19.7 Å². The molecular weight excluding hydrogens is 336 g/mol. The Bertz CT molecular complexity index is 765. The van der Waals surface area contributed by atoms with Crippen molar-refractivity contribution in [3.63, 3.8) is 0 Å². The van der Waals surface area contributed by atoms with Gasteiger partial charge in [-0.1, -0.05) is 18.2 Å². The number of nitrogens with zero attached hydrogens (tertiary/aromatic N) is 2. The van der Waals surface area contributed by atoms with E-state index in [4.69, 9.17) is 4.74 Å². The molecule has 2 rings (SSSR count). The molecule has 0 aliphatic carbocycles. The third-order valence-electron chi connectivity index (χ3n) is 2.75. The molecule has 0 aliphatic heterocycles. The number of rotatable bonds is 8. The molecular formula is C14H14N4O5S. The smallest absolute Gasteiger partial charge is 0.395 e. The minimum absolute atomic E-state index is 0.409. The number of benzene rings is 1. The number of hydrogen-bond donors (Lipinski definition) is 2. The van der Waals surface area contributed by atoms with Crippen LogP contribution in [0.15, 0.2) is 46.3 Å². The van der Waals surface area contributed by atoms with Crippen molar-refractivity contribution in [1.82, 2.24) is 15.3 Å². The predicted octanol–water partition coefficient (Wildman–Crippen LogP) is 0.965. The van der Waals surface area contributed by atoms with Crippen molar-refractivity contribution in [3.05, 3.63) is 57.1 Å². The number of hydrogen-bond acceptors (Lipinski definition) is 7. The normalized spacial score (nSPS) is 10.2. The summed E-state index contributed by atoms with van der Waals surface area (Å²) in [5.41, 5.74) is -1.77. The van der Waals surface area contributed by atoms with Crippen LogP contribution in [0, 0.1) is 10.1 Å². The summed E-state index contributed by atoms with van der Waals surface area (Å²) in [5.74, 6) is -0.281. The van der Waals surface area contributed by atoms with Crippen LogP contribution in [-0.2, 0) is 4.79 Å². The molecule has 0 atom stereocenters. The lowest BCUT2D eigenvalue weighted by atomic mass is 10.4. The summed E-state index contributed by atoms with van der Waals surface area (Å²) < 4.78 is 4.96. The highest BCUT2D eigenvalue weighted by molar-refractivity contribution is 7.99. The summed E-state index contributed by atoms with van der Waals surface area (Å²) in [6, 6.07) is 9.71. The van der Waals surface area contributed by atoms with Crippen molar-refractivity contribution >= 4 is 23.4 Å². The first kappa shape index (κ1) is 17.5. The first-order valence-corrected chi connectivity index (χ1v) is 7.86. The fourth-order valence-corrected chi connectivity index (χ4v) is 2.49. The molecule has 24 heavy (non-hydrogen) atoms. The largest absolute Gasteiger partial charge is 0.463 e. The molecule has 10 heteroatoms. The summed E-state index contributed by atoms with van der Waals surface area (Å²) in [7, 11) is 0. The number of carbonyl (C=O) groups is 1. The summed E-state index contributed by atoms with van der Waals surface area (Å²) in [6.45, 7) is -0.0556. The molecule has 0 aliphatic rings. The average Bonchev–Trinajstić information content (AvgIpc) is 2.57. The van der Waals surface area contributed by atoms with E-state index in [0.29, 0.717) is 12.3 Å². The lowest BCUT2D eigenvalue weighted by Crippen LogP contribution is -2.31. The highest BCUT2D eigenvalue weighted by Crippen LogP contribution is 2.17. The van der Waals surface area contributed by atoms with Crippen LogP contribution in [0.4, 0.5) is 5.69 Å². The zero-order valence-corrected chi connectivity index (χ0v) is 13.2. The fraction of sp³-hybridized carbons (Fsp3) is 0.214. The summed E-state index contributed by atoms with van der Waals surface area (Å²) >= 11 is 1.58. The van der Waals surface area contributed by atoms with E-state index < -0.39 is 34.6 Å². The highest BCUT2D eigenvalue weighted by Gasteiger charge is 2.22. The molecule has 0 bridgehead atoms. The van der Waals surface area contributed by atoms with Crippen molar-refractivity contribution in [2.24, 2.45) is 0 Å². The Hall–Kier alpha value is -2.88. The van der Waals surface area contributed by atoms with Crippen LogP contribution in [0.1, 0.15) is 0 Å². The number of carbonyl (C=O) groups excluding carboxylic acids is 1. The molecule has 1 amide bonds. The van der Waals surface area contributed by atoms with Crippen molar-refractivity contribution in [3.8, 4) is 5.88 Å². The predicted molar refractivity (Wildman–Crippen MR) is 87.2 cm³/mol. The average molecular weight is 350 g/mol. The molecule has 2 N–H and O–H groups in total. The Labute approximate surface area is 140 Å². The van der Waals surface area contributed by atoms with Crippen LogP contribution in [0.5, 0.6) is 5.88 Å². The van der Waals surface area contributed by atoms with Crippen LogP contribution in [0.2, 0.25) is 0 Å². The van der Waals surface area contributed by atoms with Crippen LogP contribution >= 0.6 is 11.8 Å². The zero-order valence-electron chi connectivity index (χ0n) is 12.4. The van der Waals surface area contributed by atoms with Gasteiger partial charge in [0.05, 0.1) is 11.3 Å². The van der Waals surface area contributed by atoms with Gasteiger partial charge in [0.2, 0.25) is 0 Å². The molecule has 2 aromatic rings. The van der Waals surface area contributed by atoms with Crippen LogP contribution in [-0.4, -0.2) is 39.7 Å². The number of H-pyrrole nitrogens is 1. The topological polar surface area (TPSA) is 127 Å². The molecule has 1 aromatic heterocycles. The standard InChI is InChI=1S/C14H14N4O5S/c19-11(15-6-7-24-10-4-2-1-3-5-10)8-23-14-12(18(21)22)13(20)16-9-17-14/h1-5,9H,6-8H2,(H,15,19)(H,16,17,20). The van der Waals surface area contributed by atoms with Crippen LogP contribution in [0.3, 0.4) is 0 Å². The lowest BCUT2D eigenvalue weighted by molar-refractivity contribution is -0.387. The van der Waals surface area contributed by atoms with E-state index in [2.05, 4.69) is 15.3 Å². The Morgan fingerprint density at radius 3 is 2.83 bits per heavy atom. The van der Waals surface area contributed by atoms with E-state index in [1.807, 2.05) is 30.3 Å². The van der Waals surface area contributed by atoms with Crippen molar-refractivity contribution in [2.75, 3.05) is 18.9 Å². The summed E-state index contributed by atoms with van der Waals surface area (Å²) in [4.78, 5) is 39.6. The van der Waals surface area contributed by atoms with Crippen LogP contribution < -0.4 is 15.6 Å². The number of thioether (sulfide) groups is 1. The van der Waals surface area contributed by atoms with Gasteiger partial charge in [-0.2, -0.15) is 4.98 Å². The molecule has 0 saturated heterocycles. The third-order valence-corrected chi connectivity index (χ3v) is 3.77. The van der Waals surface area contributed by atoms with Crippen molar-refractivity contribution < 1.29 is 14.5 Å². The van der Waals surface area contributed by atoms with Gasteiger partial charge in [0, 0.05) is 17.2 Å². The second kappa shape index (κ2) is 8.67. The Morgan fingerprint density at radius 2 is 2.12 bits per heavy atom.